The van der Waals surface area contributed by atoms with Crippen molar-refractivity contribution in [1.29, 1.82) is 0 Å². The van der Waals surface area contributed by atoms with Crippen molar-refractivity contribution >= 4 is 0 Å². The zero-order valence-electron chi connectivity index (χ0n) is 8.59. The molecular formula is C10H20N2. The first-order valence-electron chi connectivity index (χ1n) is 4.39. The van der Waals surface area contributed by atoms with Gasteiger partial charge in [-0.1, -0.05) is 19.8 Å². The van der Waals surface area contributed by atoms with E-state index in [2.05, 4.69) is 44.1 Å². The molecule has 0 aromatic rings. The van der Waals surface area contributed by atoms with Gasteiger partial charge in [0.2, 0.25) is 0 Å². The van der Waals surface area contributed by atoms with Crippen LogP contribution in [0.25, 0.3) is 0 Å². The summed E-state index contributed by atoms with van der Waals surface area (Å²) in [4.78, 5) is 2.17. The fourth-order valence-electron chi connectivity index (χ4n) is 1.09. The van der Waals surface area contributed by atoms with Crippen LogP contribution in [0.15, 0.2) is 0 Å². The van der Waals surface area contributed by atoms with Crippen molar-refractivity contribution in [3.05, 3.63) is 0 Å². The Hall–Kier alpha value is -0.520. The second-order valence-electron chi connectivity index (χ2n) is 3.70. The second kappa shape index (κ2) is 6.05. The largest absolute Gasteiger partial charge is 0.308 e. The van der Waals surface area contributed by atoms with Gasteiger partial charge in [-0.25, -0.2) is 0 Å². The average molecular weight is 168 g/mol. The topological polar surface area (TPSA) is 15.3 Å². The van der Waals surface area contributed by atoms with Crippen LogP contribution in [-0.2, 0) is 0 Å². The number of nitrogens with one attached hydrogen (secondary N) is 1. The fourth-order valence-corrected chi connectivity index (χ4v) is 1.09. The lowest BCUT2D eigenvalue weighted by molar-refractivity contribution is 0.296. The number of terminal acetylenes is 1. The SMILES string of the molecule is C#CCNC(CN(C)C)C(C)C. The van der Waals surface area contributed by atoms with Crippen LogP contribution in [0.5, 0.6) is 0 Å². The molecule has 0 fully saturated rings. The number of hydrogen-bond acceptors (Lipinski definition) is 2. The van der Waals surface area contributed by atoms with Gasteiger partial charge < -0.3 is 10.2 Å². The normalized spacial score (nSPS) is 13.4. The minimum atomic E-state index is 0.496. The molecule has 0 aromatic heterocycles. The Morgan fingerprint density at radius 1 is 1.42 bits per heavy atom. The van der Waals surface area contributed by atoms with E-state index >= 15 is 0 Å². The van der Waals surface area contributed by atoms with Crippen LogP contribution in [0.4, 0.5) is 0 Å². The van der Waals surface area contributed by atoms with Gasteiger partial charge in [0.15, 0.2) is 0 Å². The summed E-state index contributed by atoms with van der Waals surface area (Å²) in [7, 11) is 4.15. The lowest BCUT2D eigenvalue weighted by Gasteiger charge is -2.24. The van der Waals surface area contributed by atoms with E-state index in [-0.39, 0.29) is 0 Å². The van der Waals surface area contributed by atoms with Crippen molar-refractivity contribution in [2.75, 3.05) is 27.2 Å². The summed E-state index contributed by atoms with van der Waals surface area (Å²) in [6.07, 6.45) is 5.18. The first-order valence-corrected chi connectivity index (χ1v) is 4.39. The molecule has 2 nitrogen and oxygen atoms in total. The molecule has 70 valence electrons. The molecule has 0 radical (unpaired) electrons. The average Bonchev–Trinajstić information content (AvgIpc) is 1.96. The summed E-state index contributed by atoms with van der Waals surface area (Å²) < 4.78 is 0. The Bertz CT molecular complexity index is 144. The molecule has 12 heavy (non-hydrogen) atoms. The molecule has 0 bridgehead atoms. The standard InChI is InChI=1S/C10H20N2/c1-6-7-11-10(9(2)3)8-12(4)5/h1,9-11H,7-8H2,2-5H3. The zero-order valence-corrected chi connectivity index (χ0v) is 8.59. The van der Waals surface area contributed by atoms with E-state index in [0.29, 0.717) is 18.5 Å². The van der Waals surface area contributed by atoms with Crippen molar-refractivity contribution in [2.24, 2.45) is 5.92 Å². The summed E-state index contributed by atoms with van der Waals surface area (Å²) in [6.45, 7) is 6.12. The highest BCUT2D eigenvalue weighted by molar-refractivity contribution is 4.89. The summed E-state index contributed by atoms with van der Waals surface area (Å²) in [6, 6.07) is 0.496. The van der Waals surface area contributed by atoms with Crippen LogP contribution < -0.4 is 5.32 Å². The predicted molar refractivity (Wildman–Crippen MR) is 54.0 cm³/mol. The van der Waals surface area contributed by atoms with Crippen molar-refractivity contribution in [3.8, 4) is 12.3 Å². The van der Waals surface area contributed by atoms with Gasteiger partial charge in [0, 0.05) is 12.6 Å². The fraction of sp³-hybridized carbons (Fsp3) is 0.800. The summed E-state index contributed by atoms with van der Waals surface area (Å²) in [5.41, 5.74) is 0. The third-order valence-electron chi connectivity index (χ3n) is 1.83. The van der Waals surface area contributed by atoms with Gasteiger partial charge in [0.05, 0.1) is 6.54 Å². The molecule has 0 saturated heterocycles. The molecule has 0 saturated carbocycles. The van der Waals surface area contributed by atoms with Crippen LogP contribution >= 0.6 is 0 Å². The third kappa shape index (κ3) is 5.17. The van der Waals surface area contributed by atoms with E-state index in [4.69, 9.17) is 6.42 Å². The van der Waals surface area contributed by atoms with Crippen LogP contribution in [0.3, 0.4) is 0 Å². The van der Waals surface area contributed by atoms with Crippen molar-refractivity contribution in [3.63, 3.8) is 0 Å². The van der Waals surface area contributed by atoms with Crippen LogP contribution in [0.1, 0.15) is 13.8 Å². The lowest BCUT2D eigenvalue weighted by atomic mass is 10.0. The molecule has 0 aliphatic rings. The molecule has 0 aliphatic carbocycles. The van der Waals surface area contributed by atoms with Crippen LogP contribution in [0.2, 0.25) is 0 Å². The predicted octanol–water partition coefficient (Wildman–Crippen LogP) is 0.795. The molecule has 0 amide bonds. The molecule has 0 spiro atoms. The Kier molecular flexibility index (Phi) is 5.79. The highest BCUT2D eigenvalue weighted by Gasteiger charge is 2.12. The Balaban J connectivity index is 3.80. The molecule has 1 unspecified atom stereocenters. The smallest absolute Gasteiger partial charge is 0.0576 e. The van der Waals surface area contributed by atoms with Crippen LogP contribution in [-0.4, -0.2) is 38.1 Å². The molecule has 2 heteroatoms. The maximum atomic E-state index is 5.18. The molecule has 0 rings (SSSR count). The van der Waals surface area contributed by atoms with Crippen molar-refractivity contribution in [1.82, 2.24) is 10.2 Å². The lowest BCUT2D eigenvalue weighted by Crippen LogP contribution is -2.42. The highest BCUT2D eigenvalue weighted by atomic mass is 15.1. The van der Waals surface area contributed by atoms with E-state index in [9.17, 15) is 0 Å². The van der Waals surface area contributed by atoms with E-state index in [1.807, 2.05) is 0 Å². The Labute approximate surface area is 76.3 Å². The number of likely N-dealkylation sites (N-methyl/N-ethyl adjacent to an activating group) is 1. The van der Waals surface area contributed by atoms with Gasteiger partial charge in [-0.15, -0.1) is 6.42 Å². The minimum Gasteiger partial charge on any atom is -0.308 e. The van der Waals surface area contributed by atoms with E-state index in [1.54, 1.807) is 0 Å². The molecule has 0 heterocycles. The molecule has 0 aliphatic heterocycles. The van der Waals surface area contributed by atoms with Crippen LogP contribution in [0, 0.1) is 18.3 Å². The number of hydrogen-bond donors (Lipinski definition) is 1. The van der Waals surface area contributed by atoms with E-state index < -0.39 is 0 Å². The quantitative estimate of drug-likeness (QED) is 0.611. The monoisotopic (exact) mass is 168 g/mol. The van der Waals surface area contributed by atoms with Gasteiger partial charge in [0.1, 0.15) is 0 Å². The van der Waals surface area contributed by atoms with Gasteiger partial charge in [0.25, 0.3) is 0 Å². The Morgan fingerprint density at radius 2 is 2.00 bits per heavy atom. The zero-order chi connectivity index (χ0) is 9.56. The summed E-state index contributed by atoms with van der Waals surface area (Å²) in [5.74, 6) is 3.22. The van der Waals surface area contributed by atoms with Crippen molar-refractivity contribution in [2.45, 2.75) is 19.9 Å². The molecule has 0 aromatic carbocycles. The number of rotatable bonds is 5. The maximum Gasteiger partial charge on any atom is 0.0576 e. The summed E-state index contributed by atoms with van der Waals surface area (Å²) in [5, 5.41) is 3.32. The van der Waals surface area contributed by atoms with E-state index in [1.165, 1.54) is 0 Å². The first-order chi connectivity index (χ1) is 5.57. The van der Waals surface area contributed by atoms with E-state index in [0.717, 1.165) is 6.54 Å². The van der Waals surface area contributed by atoms with Gasteiger partial charge in [-0.3, -0.25) is 0 Å². The van der Waals surface area contributed by atoms with Gasteiger partial charge in [-0.2, -0.15) is 0 Å². The molecule has 1 atom stereocenters. The molecule has 1 N–H and O–H groups in total. The second-order valence-corrected chi connectivity index (χ2v) is 3.70. The third-order valence-corrected chi connectivity index (χ3v) is 1.83. The Morgan fingerprint density at radius 3 is 2.33 bits per heavy atom. The maximum absolute atomic E-state index is 5.18. The van der Waals surface area contributed by atoms with Gasteiger partial charge in [-0.05, 0) is 20.0 Å². The highest BCUT2D eigenvalue weighted by Crippen LogP contribution is 2.01. The minimum absolute atomic E-state index is 0.496. The van der Waals surface area contributed by atoms with Gasteiger partial charge >= 0.3 is 0 Å². The summed E-state index contributed by atoms with van der Waals surface area (Å²) >= 11 is 0. The molecular weight excluding hydrogens is 148 g/mol. The van der Waals surface area contributed by atoms with Crippen molar-refractivity contribution < 1.29 is 0 Å². The first kappa shape index (κ1) is 11.5. The number of nitrogens with zero attached hydrogens (tertiary/aromatic N) is 1.